The molecule has 4 rings (SSSR count). The van der Waals surface area contributed by atoms with E-state index >= 15 is 0 Å². The predicted octanol–water partition coefficient (Wildman–Crippen LogP) is 5.24. The van der Waals surface area contributed by atoms with Crippen molar-refractivity contribution in [1.82, 2.24) is 9.62 Å². The lowest BCUT2D eigenvalue weighted by Crippen LogP contribution is -2.42. The van der Waals surface area contributed by atoms with Gasteiger partial charge in [-0.05, 0) is 48.1 Å². The highest BCUT2D eigenvalue weighted by molar-refractivity contribution is 7.92. The maximum Gasteiger partial charge on any atom is 0.236 e. The maximum atomic E-state index is 12.8. The van der Waals surface area contributed by atoms with E-state index in [1.807, 2.05) is 67.6 Å². The third-order valence-electron chi connectivity index (χ3n) is 6.29. The Morgan fingerprint density at radius 1 is 0.882 bits per heavy atom. The van der Waals surface area contributed by atoms with Gasteiger partial charge < -0.3 is 5.32 Å². The summed E-state index contributed by atoms with van der Waals surface area (Å²) in [7, 11) is -3.50. The number of hydrogen-bond acceptors (Lipinski definition) is 3. The molecular formula is C28H30N2O3S. The van der Waals surface area contributed by atoms with E-state index in [0.717, 1.165) is 22.3 Å². The lowest BCUT2D eigenvalue weighted by molar-refractivity contribution is -0.126. The second-order valence-corrected chi connectivity index (χ2v) is 10.5. The van der Waals surface area contributed by atoms with E-state index in [1.165, 1.54) is 9.71 Å². The van der Waals surface area contributed by atoms with E-state index in [9.17, 15) is 13.2 Å². The Balaban J connectivity index is 1.30. The van der Waals surface area contributed by atoms with E-state index in [-0.39, 0.29) is 17.9 Å². The second kappa shape index (κ2) is 10.8. The van der Waals surface area contributed by atoms with E-state index in [0.29, 0.717) is 25.9 Å². The van der Waals surface area contributed by atoms with Crippen molar-refractivity contribution in [2.24, 2.45) is 5.92 Å². The van der Waals surface area contributed by atoms with Crippen LogP contribution in [0, 0.1) is 5.92 Å². The van der Waals surface area contributed by atoms with Crippen LogP contribution in [0.15, 0.2) is 90.3 Å². The van der Waals surface area contributed by atoms with Crippen molar-refractivity contribution >= 4 is 22.0 Å². The third kappa shape index (κ3) is 6.01. The number of hydrogen-bond donors (Lipinski definition) is 1. The Hall–Kier alpha value is -3.22. The van der Waals surface area contributed by atoms with Crippen molar-refractivity contribution < 1.29 is 13.2 Å². The summed E-state index contributed by atoms with van der Waals surface area (Å²) in [5.74, 6) is -0.202. The van der Waals surface area contributed by atoms with E-state index in [4.69, 9.17) is 0 Å². The van der Waals surface area contributed by atoms with Crippen LogP contribution in [0.5, 0.6) is 0 Å². The highest BCUT2D eigenvalue weighted by Crippen LogP contribution is 2.24. The van der Waals surface area contributed by atoms with E-state index in [1.54, 1.807) is 6.08 Å². The van der Waals surface area contributed by atoms with Gasteiger partial charge in [-0.15, -0.1) is 0 Å². The minimum Gasteiger partial charge on any atom is -0.349 e. The zero-order chi connectivity index (χ0) is 24.0. The summed E-state index contributed by atoms with van der Waals surface area (Å²) in [4.78, 5) is 12.8. The molecule has 1 saturated heterocycles. The van der Waals surface area contributed by atoms with Crippen LogP contribution in [-0.4, -0.2) is 31.7 Å². The Morgan fingerprint density at radius 2 is 1.44 bits per heavy atom. The van der Waals surface area contributed by atoms with Crippen molar-refractivity contribution in [1.29, 1.82) is 0 Å². The quantitative estimate of drug-likeness (QED) is 0.509. The van der Waals surface area contributed by atoms with Crippen LogP contribution in [0.3, 0.4) is 0 Å². The maximum absolute atomic E-state index is 12.8. The minimum atomic E-state index is -3.50. The standard InChI is InChI=1S/C28H30N2O3S/c1-22(24-12-14-26(15-13-24)25-10-6-3-7-11-25)29-28(31)27-16-19-30(20-17-27)34(32,33)21-18-23-8-4-2-5-9-23/h2-15,18,21-22,27H,16-17,19-20H2,1H3,(H,29,31)/b21-18+. The summed E-state index contributed by atoms with van der Waals surface area (Å²) >= 11 is 0. The van der Waals surface area contributed by atoms with E-state index in [2.05, 4.69) is 29.6 Å². The number of rotatable bonds is 7. The molecule has 3 aromatic carbocycles. The first-order valence-electron chi connectivity index (χ1n) is 11.6. The fourth-order valence-corrected chi connectivity index (χ4v) is 5.42. The topological polar surface area (TPSA) is 66.5 Å². The van der Waals surface area contributed by atoms with Crippen molar-refractivity contribution in [3.8, 4) is 11.1 Å². The number of carbonyl (C=O) groups is 1. The molecule has 3 aromatic rings. The molecule has 0 bridgehead atoms. The first-order valence-corrected chi connectivity index (χ1v) is 13.1. The Kier molecular flexibility index (Phi) is 7.60. The number of nitrogens with one attached hydrogen (secondary N) is 1. The van der Waals surface area contributed by atoms with Crippen LogP contribution in [0.1, 0.15) is 36.9 Å². The first-order chi connectivity index (χ1) is 16.4. The van der Waals surface area contributed by atoms with Gasteiger partial charge in [0.15, 0.2) is 0 Å². The average Bonchev–Trinajstić information content (AvgIpc) is 2.89. The van der Waals surface area contributed by atoms with Gasteiger partial charge in [0.25, 0.3) is 0 Å². The molecule has 1 heterocycles. The molecule has 5 nitrogen and oxygen atoms in total. The fraction of sp³-hybridized carbons (Fsp3) is 0.250. The fourth-order valence-electron chi connectivity index (χ4n) is 4.20. The van der Waals surface area contributed by atoms with Crippen LogP contribution >= 0.6 is 0 Å². The van der Waals surface area contributed by atoms with Gasteiger partial charge in [-0.2, -0.15) is 4.31 Å². The Labute approximate surface area is 202 Å². The number of nitrogens with zero attached hydrogens (tertiary/aromatic N) is 1. The lowest BCUT2D eigenvalue weighted by Gasteiger charge is -2.30. The normalized spacial score (nSPS) is 16.4. The van der Waals surface area contributed by atoms with Crippen LogP contribution in [-0.2, 0) is 14.8 Å². The van der Waals surface area contributed by atoms with Crippen LogP contribution in [0.25, 0.3) is 17.2 Å². The molecule has 1 aliphatic heterocycles. The molecule has 0 aromatic heterocycles. The number of sulfonamides is 1. The average molecular weight is 475 g/mol. The Bertz CT molecular complexity index is 1220. The number of benzene rings is 3. The summed E-state index contributed by atoms with van der Waals surface area (Å²) in [6, 6.07) is 27.6. The van der Waals surface area contributed by atoms with Gasteiger partial charge in [0, 0.05) is 24.4 Å². The molecule has 0 radical (unpaired) electrons. The second-order valence-electron chi connectivity index (χ2n) is 8.65. The summed E-state index contributed by atoms with van der Waals surface area (Å²) in [5.41, 5.74) is 4.18. The molecule has 0 aliphatic carbocycles. The number of piperidine rings is 1. The minimum absolute atomic E-state index is 0.0171. The molecule has 1 atom stereocenters. The zero-order valence-corrected chi connectivity index (χ0v) is 20.1. The van der Waals surface area contributed by atoms with Gasteiger partial charge in [0.1, 0.15) is 0 Å². The SMILES string of the molecule is CC(NC(=O)C1CCN(S(=O)(=O)/C=C/c2ccccc2)CC1)c1ccc(-c2ccccc2)cc1. The van der Waals surface area contributed by atoms with Crippen LogP contribution in [0.2, 0.25) is 0 Å². The van der Waals surface area contributed by atoms with Crippen LogP contribution < -0.4 is 5.32 Å². The summed E-state index contributed by atoms with van der Waals surface area (Å²) in [6.07, 6.45) is 2.65. The molecule has 1 unspecified atom stereocenters. The lowest BCUT2D eigenvalue weighted by atomic mass is 9.96. The molecule has 1 amide bonds. The molecule has 1 N–H and O–H groups in total. The van der Waals surface area contributed by atoms with Gasteiger partial charge >= 0.3 is 0 Å². The van der Waals surface area contributed by atoms with Gasteiger partial charge in [-0.25, -0.2) is 8.42 Å². The van der Waals surface area contributed by atoms with Crippen molar-refractivity contribution in [3.63, 3.8) is 0 Å². The largest absolute Gasteiger partial charge is 0.349 e. The molecule has 176 valence electrons. The van der Waals surface area contributed by atoms with Gasteiger partial charge in [0.2, 0.25) is 15.9 Å². The first kappa shape index (κ1) is 23.9. The Morgan fingerprint density at radius 3 is 2.06 bits per heavy atom. The van der Waals surface area contributed by atoms with Crippen molar-refractivity contribution in [2.75, 3.05) is 13.1 Å². The monoisotopic (exact) mass is 474 g/mol. The molecule has 6 heteroatoms. The van der Waals surface area contributed by atoms with Gasteiger partial charge in [-0.1, -0.05) is 84.9 Å². The molecule has 1 aliphatic rings. The summed E-state index contributed by atoms with van der Waals surface area (Å²) in [6.45, 7) is 2.67. The highest BCUT2D eigenvalue weighted by Gasteiger charge is 2.30. The van der Waals surface area contributed by atoms with Gasteiger partial charge in [0.05, 0.1) is 6.04 Å². The number of amides is 1. The predicted molar refractivity (Wildman–Crippen MR) is 137 cm³/mol. The molecular weight excluding hydrogens is 444 g/mol. The molecule has 0 saturated carbocycles. The molecule has 34 heavy (non-hydrogen) atoms. The summed E-state index contributed by atoms with van der Waals surface area (Å²) < 4.78 is 26.8. The third-order valence-corrected chi connectivity index (χ3v) is 7.86. The van der Waals surface area contributed by atoms with Crippen LogP contribution in [0.4, 0.5) is 0 Å². The highest BCUT2D eigenvalue weighted by atomic mass is 32.2. The summed E-state index contributed by atoms with van der Waals surface area (Å²) in [5, 5.41) is 4.36. The van der Waals surface area contributed by atoms with Gasteiger partial charge in [-0.3, -0.25) is 4.79 Å². The van der Waals surface area contributed by atoms with E-state index < -0.39 is 10.0 Å². The van der Waals surface area contributed by atoms with Crippen molar-refractivity contribution in [3.05, 3.63) is 101 Å². The smallest absolute Gasteiger partial charge is 0.236 e. The molecule has 0 spiro atoms. The number of carbonyl (C=O) groups excluding carboxylic acids is 1. The molecule has 1 fully saturated rings. The van der Waals surface area contributed by atoms with Crippen molar-refractivity contribution in [2.45, 2.75) is 25.8 Å². The zero-order valence-electron chi connectivity index (χ0n) is 19.3.